The van der Waals surface area contributed by atoms with Gasteiger partial charge in [0.2, 0.25) is 0 Å². The zero-order valence-corrected chi connectivity index (χ0v) is 9.18. The van der Waals surface area contributed by atoms with E-state index in [1.54, 1.807) is 0 Å². The maximum Gasteiger partial charge on any atom is 0.0760 e. The fourth-order valence-corrected chi connectivity index (χ4v) is 0.960. The average Bonchev–Trinajstić information content (AvgIpc) is 2.34. The number of ether oxygens (including phenoxy) is 1. The monoisotopic (exact) mass is 309 g/mol. The largest absolute Gasteiger partial charge is 0.370 e. The molecule has 58 valence electrons. The van der Waals surface area contributed by atoms with Crippen molar-refractivity contribution in [1.29, 1.82) is 0 Å². The first-order valence-electron chi connectivity index (χ1n) is 3.50. The number of hydrogen-bond acceptors (Lipinski definition) is 1. The predicted molar refractivity (Wildman–Crippen MR) is 38.1 cm³/mol. The standard InChI is InChI=1S/C8H13O.W/c1-3-7-5-6-8(4-2)9-7;/h5-8H,1,3-4H2,2H3;/q-1;/t7-,8+;/m0./s1. The minimum absolute atomic E-state index is 0. The molecule has 1 nitrogen and oxygen atoms in total. The van der Waals surface area contributed by atoms with Gasteiger partial charge in [-0.15, -0.1) is 0 Å². The van der Waals surface area contributed by atoms with Crippen molar-refractivity contribution in [2.75, 3.05) is 0 Å². The molecule has 0 aromatic carbocycles. The fraction of sp³-hybridized carbons (Fsp3) is 0.625. The van der Waals surface area contributed by atoms with E-state index in [-0.39, 0.29) is 27.2 Å². The van der Waals surface area contributed by atoms with Crippen LogP contribution in [-0.2, 0) is 25.8 Å². The molecule has 10 heavy (non-hydrogen) atoms. The van der Waals surface area contributed by atoms with Crippen LogP contribution in [0.4, 0.5) is 0 Å². The summed E-state index contributed by atoms with van der Waals surface area (Å²) in [6.07, 6.45) is 6.79. The summed E-state index contributed by atoms with van der Waals surface area (Å²) in [6.45, 7) is 5.89. The third-order valence-corrected chi connectivity index (χ3v) is 1.58. The van der Waals surface area contributed by atoms with Crippen LogP contribution in [0.3, 0.4) is 0 Å². The molecule has 0 aliphatic carbocycles. The molecule has 2 atom stereocenters. The Labute approximate surface area is 77.1 Å². The van der Waals surface area contributed by atoms with Crippen LogP contribution in [0, 0.1) is 6.92 Å². The van der Waals surface area contributed by atoms with Crippen LogP contribution in [0.1, 0.15) is 19.8 Å². The summed E-state index contributed by atoms with van der Waals surface area (Å²) < 4.78 is 5.49. The second-order valence-corrected chi connectivity index (χ2v) is 2.29. The second kappa shape index (κ2) is 5.09. The smallest absolute Gasteiger partial charge is 0.0760 e. The summed E-state index contributed by atoms with van der Waals surface area (Å²) in [5.41, 5.74) is 0. The molecule has 0 bridgehead atoms. The first kappa shape index (κ1) is 10.4. The summed E-state index contributed by atoms with van der Waals surface area (Å²) in [5.74, 6) is 0. The Morgan fingerprint density at radius 3 is 2.30 bits per heavy atom. The molecule has 0 unspecified atom stereocenters. The van der Waals surface area contributed by atoms with Gasteiger partial charge >= 0.3 is 0 Å². The van der Waals surface area contributed by atoms with Gasteiger partial charge in [0.05, 0.1) is 6.10 Å². The zero-order chi connectivity index (χ0) is 6.69. The zero-order valence-electron chi connectivity index (χ0n) is 6.25. The molecule has 0 saturated carbocycles. The molecule has 2 heteroatoms. The molecule has 0 N–H and O–H groups in total. The third kappa shape index (κ3) is 2.55. The van der Waals surface area contributed by atoms with Crippen LogP contribution in [-0.4, -0.2) is 12.2 Å². The van der Waals surface area contributed by atoms with Crippen LogP contribution in [0.5, 0.6) is 0 Å². The van der Waals surface area contributed by atoms with Crippen molar-refractivity contribution >= 4 is 0 Å². The topological polar surface area (TPSA) is 9.23 Å². The molecule has 1 aliphatic rings. The quantitative estimate of drug-likeness (QED) is 0.559. The SMILES string of the molecule is [CH2-]C[C@H]1C=C[C@@H](CC)O1.[W]. The molecule has 1 heterocycles. The molecule has 0 aromatic rings. The van der Waals surface area contributed by atoms with Crippen LogP contribution >= 0.6 is 0 Å². The fourth-order valence-electron chi connectivity index (χ4n) is 0.960. The molecule has 0 saturated heterocycles. The molecule has 1 rings (SSSR count). The van der Waals surface area contributed by atoms with Crippen molar-refractivity contribution in [2.45, 2.75) is 32.0 Å². The number of rotatable bonds is 2. The van der Waals surface area contributed by atoms with E-state index in [4.69, 9.17) is 4.74 Å². The maximum absolute atomic E-state index is 5.49. The van der Waals surface area contributed by atoms with Crippen LogP contribution in [0.2, 0.25) is 0 Å². The van der Waals surface area contributed by atoms with Crippen molar-refractivity contribution in [3.63, 3.8) is 0 Å². The van der Waals surface area contributed by atoms with Gasteiger partial charge in [-0.05, 0) is 6.42 Å². The number of hydrogen-bond donors (Lipinski definition) is 0. The van der Waals surface area contributed by atoms with E-state index in [2.05, 4.69) is 26.0 Å². The van der Waals surface area contributed by atoms with Gasteiger partial charge in [0, 0.05) is 27.2 Å². The first-order valence-corrected chi connectivity index (χ1v) is 3.50. The van der Waals surface area contributed by atoms with E-state index in [0.717, 1.165) is 12.8 Å². The minimum atomic E-state index is 0. The van der Waals surface area contributed by atoms with Gasteiger partial charge in [-0.1, -0.05) is 19.1 Å². The van der Waals surface area contributed by atoms with Crippen LogP contribution in [0.15, 0.2) is 12.2 Å². The van der Waals surface area contributed by atoms with E-state index < -0.39 is 0 Å². The summed E-state index contributed by atoms with van der Waals surface area (Å²) in [5, 5.41) is 0. The minimum Gasteiger partial charge on any atom is -0.370 e. The predicted octanol–water partition coefficient (Wildman–Crippen LogP) is 1.94. The van der Waals surface area contributed by atoms with Gasteiger partial charge < -0.3 is 11.7 Å². The Morgan fingerprint density at radius 2 is 2.00 bits per heavy atom. The van der Waals surface area contributed by atoms with E-state index in [1.807, 2.05) is 0 Å². The molecule has 0 amide bonds. The summed E-state index contributed by atoms with van der Waals surface area (Å²) >= 11 is 0. The molecule has 0 radical (unpaired) electrons. The molecule has 0 fully saturated rings. The normalized spacial score (nSPS) is 30.2. The van der Waals surface area contributed by atoms with Crippen LogP contribution < -0.4 is 0 Å². The maximum atomic E-state index is 5.49. The molecule has 0 aromatic heterocycles. The third-order valence-electron chi connectivity index (χ3n) is 1.58. The van der Waals surface area contributed by atoms with Gasteiger partial charge in [0.1, 0.15) is 0 Å². The van der Waals surface area contributed by atoms with Crippen molar-refractivity contribution < 1.29 is 25.8 Å². The molecule has 0 spiro atoms. The Morgan fingerprint density at radius 1 is 1.40 bits per heavy atom. The van der Waals surface area contributed by atoms with Crippen molar-refractivity contribution in [3.8, 4) is 0 Å². The first-order chi connectivity index (χ1) is 4.36. The van der Waals surface area contributed by atoms with E-state index in [9.17, 15) is 0 Å². The average molecular weight is 309 g/mol. The second-order valence-electron chi connectivity index (χ2n) is 2.29. The van der Waals surface area contributed by atoms with Crippen molar-refractivity contribution in [2.24, 2.45) is 0 Å². The van der Waals surface area contributed by atoms with E-state index >= 15 is 0 Å². The summed E-state index contributed by atoms with van der Waals surface area (Å²) in [4.78, 5) is 0. The van der Waals surface area contributed by atoms with Crippen LogP contribution in [0.25, 0.3) is 0 Å². The van der Waals surface area contributed by atoms with Gasteiger partial charge in [0.25, 0.3) is 0 Å². The Bertz CT molecular complexity index is 99.8. The van der Waals surface area contributed by atoms with Gasteiger partial charge in [0.15, 0.2) is 0 Å². The molecular formula is C8H13OW-. The van der Waals surface area contributed by atoms with E-state index in [0.29, 0.717) is 6.10 Å². The summed E-state index contributed by atoms with van der Waals surface area (Å²) in [7, 11) is 0. The van der Waals surface area contributed by atoms with Gasteiger partial charge in [-0.3, -0.25) is 0 Å². The van der Waals surface area contributed by atoms with Crippen molar-refractivity contribution in [3.05, 3.63) is 19.1 Å². The van der Waals surface area contributed by atoms with Crippen molar-refractivity contribution in [1.82, 2.24) is 0 Å². The molecular weight excluding hydrogens is 296 g/mol. The van der Waals surface area contributed by atoms with Gasteiger partial charge in [-0.25, -0.2) is 0 Å². The Kier molecular flexibility index (Phi) is 5.29. The Balaban J connectivity index is 0.000000810. The Hall–Kier alpha value is 0.388. The molecule has 1 aliphatic heterocycles. The van der Waals surface area contributed by atoms with Gasteiger partial charge in [-0.2, -0.15) is 6.42 Å². The summed E-state index contributed by atoms with van der Waals surface area (Å²) in [6, 6.07) is 0. The van der Waals surface area contributed by atoms with E-state index in [1.165, 1.54) is 0 Å².